The van der Waals surface area contributed by atoms with Gasteiger partial charge in [0.1, 0.15) is 5.75 Å². The Balaban J connectivity index is 1.55. The minimum Gasteiger partial charge on any atom is -0.492 e. The van der Waals surface area contributed by atoms with Gasteiger partial charge in [-0.1, -0.05) is 59.6 Å². The van der Waals surface area contributed by atoms with Crippen molar-refractivity contribution in [1.29, 1.82) is 0 Å². The second-order valence-corrected chi connectivity index (χ2v) is 6.91. The molecule has 0 saturated heterocycles. The van der Waals surface area contributed by atoms with Crippen molar-refractivity contribution in [2.45, 2.75) is 12.8 Å². The van der Waals surface area contributed by atoms with Crippen LogP contribution in [0.2, 0.25) is 10.0 Å². The van der Waals surface area contributed by atoms with Gasteiger partial charge in [0.2, 0.25) is 5.91 Å². The lowest BCUT2D eigenvalue weighted by Gasteiger charge is -2.25. The lowest BCUT2D eigenvalue weighted by atomic mass is 10.2. The number of hydrogen-bond acceptors (Lipinski definition) is 3. The van der Waals surface area contributed by atoms with Crippen molar-refractivity contribution >= 4 is 40.5 Å². The normalized spacial score (nSPS) is 10.4. The van der Waals surface area contributed by atoms with E-state index in [4.69, 9.17) is 27.9 Å². The van der Waals surface area contributed by atoms with Gasteiger partial charge in [0.25, 0.3) is 0 Å². The summed E-state index contributed by atoms with van der Waals surface area (Å²) in [5, 5.41) is 2.79. The Morgan fingerprint density at radius 3 is 2.07 bits per heavy atom. The number of rotatable bonds is 8. The Bertz CT molecular complexity index is 865. The fraction of sp³-hybridized carbons (Fsp3) is 0.136. The van der Waals surface area contributed by atoms with Crippen LogP contribution in [0, 0.1) is 0 Å². The number of anilines is 2. The van der Waals surface area contributed by atoms with E-state index in [1.807, 2.05) is 60.7 Å². The molecule has 0 saturated carbocycles. The Hall–Kier alpha value is -2.69. The molecule has 0 radical (unpaired) electrons. The van der Waals surface area contributed by atoms with Crippen LogP contribution in [0.4, 0.5) is 11.4 Å². The third-order valence-corrected chi connectivity index (χ3v) is 4.50. The van der Waals surface area contributed by atoms with Gasteiger partial charge in [-0.15, -0.1) is 0 Å². The molecule has 0 aliphatic carbocycles. The summed E-state index contributed by atoms with van der Waals surface area (Å²) in [5.41, 5.74) is 4.72. The molecule has 0 bridgehead atoms. The predicted molar refractivity (Wildman–Crippen MR) is 114 cm³/mol. The summed E-state index contributed by atoms with van der Waals surface area (Å²) in [5.74, 6) is 0.459. The second kappa shape index (κ2) is 10.0. The monoisotopic (exact) mass is 414 g/mol. The number of benzene rings is 3. The average molecular weight is 415 g/mol. The Morgan fingerprint density at radius 2 is 1.50 bits per heavy atom. The van der Waals surface area contributed by atoms with Gasteiger partial charge < -0.3 is 4.74 Å². The van der Waals surface area contributed by atoms with Crippen molar-refractivity contribution in [3.63, 3.8) is 0 Å². The van der Waals surface area contributed by atoms with Crippen LogP contribution < -0.4 is 15.2 Å². The average Bonchev–Trinajstić information content (AvgIpc) is 2.72. The lowest BCUT2D eigenvalue weighted by molar-refractivity contribution is -0.121. The Kier molecular flexibility index (Phi) is 7.18. The molecule has 0 heterocycles. The zero-order valence-corrected chi connectivity index (χ0v) is 16.7. The molecule has 0 aliphatic heterocycles. The minimum atomic E-state index is -0.0986. The largest absolute Gasteiger partial charge is 0.492 e. The highest BCUT2D eigenvalue weighted by Crippen LogP contribution is 2.27. The van der Waals surface area contributed by atoms with E-state index in [-0.39, 0.29) is 5.91 Å². The van der Waals surface area contributed by atoms with Gasteiger partial charge in [0.15, 0.2) is 0 Å². The van der Waals surface area contributed by atoms with Crippen molar-refractivity contribution in [2.75, 3.05) is 11.6 Å². The molecule has 4 nitrogen and oxygen atoms in total. The van der Waals surface area contributed by atoms with E-state index >= 15 is 0 Å². The summed E-state index contributed by atoms with van der Waals surface area (Å²) < 4.78 is 5.63. The van der Waals surface area contributed by atoms with Gasteiger partial charge >= 0.3 is 0 Å². The highest BCUT2D eigenvalue weighted by Gasteiger charge is 2.12. The van der Waals surface area contributed by atoms with E-state index < -0.39 is 0 Å². The Morgan fingerprint density at radius 1 is 0.893 bits per heavy atom. The van der Waals surface area contributed by atoms with E-state index in [2.05, 4.69) is 5.43 Å². The van der Waals surface area contributed by atoms with Gasteiger partial charge in [0.05, 0.1) is 23.0 Å². The highest BCUT2D eigenvalue weighted by atomic mass is 35.5. The topological polar surface area (TPSA) is 41.6 Å². The second-order valence-electron chi connectivity index (χ2n) is 6.07. The molecule has 6 heteroatoms. The highest BCUT2D eigenvalue weighted by molar-refractivity contribution is 6.35. The molecule has 3 rings (SSSR count). The van der Waals surface area contributed by atoms with E-state index in [9.17, 15) is 4.79 Å². The van der Waals surface area contributed by atoms with E-state index in [0.29, 0.717) is 35.2 Å². The quantitative estimate of drug-likeness (QED) is 0.361. The van der Waals surface area contributed by atoms with Crippen LogP contribution in [0.1, 0.15) is 12.8 Å². The molecule has 0 fully saturated rings. The van der Waals surface area contributed by atoms with Gasteiger partial charge in [-0.05, 0) is 48.9 Å². The number of nitrogens with one attached hydrogen (secondary N) is 1. The maximum absolute atomic E-state index is 12.5. The Labute approximate surface area is 174 Å². The summed E-state index contributed by atoms with van der Waals surface area (Å²) in [6.45, 7) is 0.380. The molecule has 0 atom stereocenters. The van der Waals surface area contributed by atoms with Crippen molar-refractivity contribution < 1.29 is 9.53 Å². The zero-order valence-electron chi connectivity index (χ0n) is 15.1. The number of amides is 1. The molecule has 28 heavy (non-hydrogen) atoms. The zero-order chi connectivity index (χ0) is 19.8. The van der Waals surface area contributed by atoms with Crippen LogP contribution in [0.3, 0.4) is 0 Å². The standard InChI is InChI=1S/C22H20Cl2N2O2/c23-17-13-14-21(20(24)16-17)28-15-7-12-22(27)25-26(18-8-3-1-4-9-18)19-10-5-2-6-11-19/h1-6,8-11,13-14,16H,7,12,15H2,(H,25,27). The van der Waals surface area contributed by atoms with E-state index in [1.165, 1.54) is 0 Å². The molecule has 144 valence electrons. The molecule has 1 amide bonds. The first-order valence-corrected chi connectivity index (χ1v) is 9.66. The number of nitrogens with zero attached hydrogens (tertiary/aromatic N) is 1. The van der Waals surface area contributed by atoms with Gasteiger partial charge in [-0.3, -0.25) is 15.2 Å². The number of hydrazine groups is 1. The molecule has 0 spiro atoms. The van der Waals surface area contributed by atoms with Crippen LogP contribution in [0.25, 0.3) is 0 Å². The summed E-state index contributed by atoms with van der Waals surface area (Å²) in [7, 11) is 0. The number of hydrogen-bond donors (Lipinski definition) is 1. The molecular weight excluding hydrogens is 395 g/mol. The molecule has 3 aromatic rings. The fourth-order valence-electron chi connectivity index (χ4n) is 2.62. The molecule has 1 N–H and O–H groups in total. The van der Waals surface area contributed by atoms with Crippen molar-refractivity contribution in [1.82, 2.24) is 5.43 Å². The van der Waals surface area contributed by atoms with E-state index in [0.717, 1.165) is 11.4 Å². The number of carbonyl (C=O) groups excluding carboxylic acids is 1. The van der Waals surface area contributed by atoms with Crippen molar-refractivity contribution in [2.24, 2.45) is 0 Å². The number of ether oxygens (including phenoxy) is 1. The molecular formula is C22H20Cl2N2O2. The first-order valence-electron chi connectivity index (χ1n) is 8.91. The van der Waals surface area contributed by atoms with Gasteiger partial charge in [-0.25, -0.2) is 0 Å². The maximum atomic E-state index is 12.5. The summed E-state index contributed by atoms with van der Waals surface area (Å²) in [6.07, 6.45) is 0.879. The predicted octanol–water partition coefficient (Wildman–Crippen LogP) is 6.02. The third-order valence-electron chi connectivity index (χ3n) is 3.96. The van der Waals surface area contributed by atoms with Gasteiger partial charge in [-0.2, -0.15) is 0 Å². The number of para-hydroxylation sites is 2. The first kappa shape index (κ1) is 20.1. The third kappa shape index (κ3) is 5.65. The van der Waals surface area contributed by atoms with Crippen molar-refractivity contribution in [3.05, 3.63) is 88.9 Å². The summed E-state index contributed by atoms with van der Waals surface area (Å²) in [4.78, 5) is 12.5. The molecule has 0 unspecified atom stereocenters. The maximum Gasteiger partial charge on any atom is 0.238 e. The number of carbonyl (C=O) groups is 1. The van der Waals surface area contributed by atoms with Crippen LogP contribution in [0.5, 0.6) is 5.75 Å². The van der Waals surface area contributed by atoms with Crippen LogP contribution in [0.15, 0.2) is 78.9 Å². The van der Waals surface area contributed by atoms with Crippen LogP contribution in [-0.4, -0.2) is 12.5 Å². The minimum absolute atomic E-state index is 0.0986. The van der Waals surface area contributed by atoms with Crippen LogP contribution >= 0.6 is 23.2 Å². The SMILES string of the molecule is O=C(CCCOc1ccc(Cl)cc1Cl)NN(c1ccccc1)c1ccccc1. The fourth-order valence-corrected chi connectivity index (χ4v) is 3.08. The summed E-state index contributed by atoms with van der Waals surface area (Å²) in [6, 6.07) is 24.4. The first-order chi connectivity index (χ1) is 13.6. The lowest BCUT2D eigenvalue weighted by Crippen LogP contribution is -2.38. The number of halogens is 2. The van der Waals surface area contributed by atoms with Crippen molar-refractivity contribution in [3.8, 4) is 5.75 Å². The molecule has 0 aliphatic rings. The van der Waals surface area contributed by atoms with Crippen LogP contribution in [-0.2, 0) is 4.79 Å². The molecule has 0 aromatic heterocycles. The smallest absolute Gasteiger partial charge is 0.238 e. The summed E-state index contributed by atoms with van der Waals surface area (Å²) >= 11 is 12.0. The van der Waals surface area contributed by atoms with E-state index in [1.54, 1.807) is 23.2 Å². The molecule has 3 aromatic carbocycles. The van der Waals surface area contributed by atoms with Gasteiger partial charge in [0, 0.05) is 11.4 Å².